The van der Waals surface area contributed by atoms with Crippen LogP contribution in [0.2, 0.25) is 10.6 Å². The average Bonchev–Trinajstić information content (AvgIpc) is 3.61. The molecule has 33 heavy (non-hydrogen) atoms. The number of carbonyl (C=O) groups excluding carboxylic acids is 1. The Balaban J connectivity index is 1.32. The third-order valence-corrected chi connectivity index (χ3v) is 7.28. The Kier molecular flexibility index (Phi) is 5.15. The first-order valence-electron chi connectivity index (χ1n) is 11.4. The summed E-state index contributed by atoms with van der Waals surface area (Å²) < 4.78 is 7.15. The van der Waals surface area contributed by atoms with E-state index in [1.807, 2.05) is 27.7 Å². The topological polar surface area (TPSA) is 102 Å². The van der Waals surface area contributed by atoms with Crippen molar-refractivity contribution in [3.05, 3.63) is 21.8 Å². The van der Waals surface area contributed by atoms with Crippen LogP contribution in [0.15, 0.2) is 11.0 Å². The normalized spacial score (nSPS) is 27.4. The van der Waals surface area contributed by atoms with Gasteiger partial charge in [0.15, 0.2) is 11.5 Å². The van der Waals surface area contributed by atoms with Crippen LogP contribution in [-0.4, -0.2) is 63.6 Å². The third-order valence-electron chi connectivity index (χ3n) is 7.09. The molecule has 2 aromatic rings. The van der Waals surface area contributed by atoms with Gasteiger partial charge in [0.25, 0.3) is 5.56 Å². The molecule has 0 aromatic carbocycles. The molecule has 3 heterocycles. The van der Waals surface area contributed by atoms with E-state index < -0.39 is 10.9 Å². The number of halogens is 1. The molecule has 1 aliphatic heterocycles. The Morgan fingerprint density at radius 2 is 2.12 bits per heavy atom. The van der Waals surface area contributed by atoms with Crippen molar-refractivity contribution in [2.24, 2.45) is 17.8 Å². The van der Waals surface area contributed by atoms with E-state index in [1.165, 1.54) is 0 Å². The summed E-state index contributed by atoms with van der Waals surface area (Å²) in [6, 6.07) is -0.00180. The summed E-state index contributed by atoms with van der Waals surface area (Å²) in [4.78, 5) is 40.2. The smallest absolute Gasteiger partial charge is 0.410 e. The lowest BCUT2D eigenvalue weighted by Crippen LogP contribution is -2.38. The number of ether oxygens (including phenoxy) is 1. The second-order valence-corrected chi connectivity index (χ2v) is 11.0. The largest absolute Gasteiger partial charge is 0.444 e. The minimum absolute atomic E-state index is 0.00180. The highest BCUT2D eigenvalue weighted by Gasteiger charge is 2.65. The molecule has 2 unspecified atom stereocenters. The Hall–Kier alpha value is -2.36. The molecule has 2 saturated carbocycles. The van der Waals surface area contributed by atoms with Crippen molar-refractivity contribution in [2.45, 2.75) is 57.5 Å². The first-order chi connectivity index (χ1) is 15.5. The molecule has 2 aliphatic carbocycles. The molecule has 5 rings (SSSR count). The third kappa shape index (κ3) is 4.07. The molecular weight excluding hydrogens is 443 g/mol. The number of rotatable bonds is 5. The lowest BCUT2D eigenvalue weighted by Gasteiger charge is -2.27. The van der Waals surface area contributed by atoms with Gasteiger partial charge >= 0.3 is 6.09 Å². The van der Waals surface area contributed by atoms with Crippen LogP contribution in [0.4, 0.5) is 10.6 Å². The van der Waals surface area contributed by atoms with E-state index in [0.29, 0.717) is 36.7 Å². The first kappa shape index (κ1) is 22.4. The summed E-state index contributed by atoms with van der Waals surface area (Å²) in [6.07, 6.45) is 3.39. The van der Waals surface area contributed by atoms with Crippen LogP contribution in [0.5, 0.6) is 0 Å². The van der Waals surface area contributed by atoms with Crippen LogP contribution in [0.1, 0.15) is 46.6 Å². The summed E-state index contributed by atoms with van der Waals surface area (Å²) in [5.74, 6) is 1.01. The molecule has 174 valence electrons. The van der Waals surface area contributed by atoms with Crippen molar-refractivity contribution in [2.75, 3.05) is 25.0 Å². The number of piperidine rings is 1. The lowest BCUT2D eigenvalue weighted by atomic mass is 9.80. The van der Waals surface area contributed by atoms with Gasteiger partial charge in [0.05, 0.1) is 14.0 Å². The Labute approximate surface area is 198 Å². The van der Waals surface area contributed by atoms with Crippen molar-refractivity contribution in [1.82, 2.24) is 24.4 Å². The molecule has 1 N–H and O–H groups in total. The van der Waals surface area contributed by atoms with E-state index in [-0.39, 0.29) is 40.6 Å². The summed E-state index contributed by atoms with van der Waals surface area (Å²) in [7, 11) is 6.60. The van der Waals surface area contributed by atoms with E-state index in [2.05, 4.69) is 20.3 Å². The number of amides is 1. The highest BCUT2D eigenvalue weighted by Crippen LogP contribution is 2.67. The molecule has 3 fully saturated rings. The zero-order valence-corrected chi connectivity index (χ0v) is 20.1. The average molecular weight is 471 g/mol. The maximum atomic E-state index is 13.3. The maximum Gasteiger partial charge on any atom is 0.410 e. The number of carbonyl (C=O) groups is 1. The van der Waals surface area contributed by atoms with Crippen LogP contribution < -0.4 is 10.9 Å². The lowest BCUT2D eigenvalue weighted by molar-refractivity contribution is 0.0268. The van der Waals surface area contributed by atoms with Gasteiger partial charge in [0.2, 0.25) is 5.28 Å². The van der Waals surface area contributed by atoms with Crippen LogP contribution in [-0.2, 0) is 4.74 Å². The van der Waals surface area contributed by atoms with E-state index in [4.69, 9.17) is 24.2 Å². The van der Waals surface area contributed by atoms with Gasteiger partial charge in [-0.05, 0) is 75.2 Å². The molecule has 11 heteroatoms. The Morgan fingerprint density at radius 3 is 2.73 bits per heavy atom. The highest BCUT2D eigenvalue weighted by atomic mass is 35.5. The summed E-state index contributed by atoms with van der Waals surface area (Å²) in [6.45, 7) is 9.07. The number of nitrogens with one attached hydrogen (secondary N) is 1. The quantitative estimate of drug-likeness (QED) is 0.529. The van der Waals surface area contributed by atoms with Gasteiger partial charge in [0, 0.05) is 25.7 Å². The number of hydrogen-bond acceptors (Lipinski definition) is 7. The monoisotopic (exact) mass is 470 g/mol. The van der Waals surface area contributed by atoms with Gasteiger partial charge < -0.3 is 15.0 Å². The minimum Gasteiger partial charge on any atom is -0.444 e. The SMILES string of the molecule is [B][C@]12CN(C(=O)OC(C)(C)C)C[C@H]1C2CNc1nc2cnc(Cl)nc2n(C(C)C2CC2)c1=O. The fourth-order valence-corrected chi connectivity index (χ4v) is 5.19. The summed E-state index contributed by atoms with van der Waals surface area (Å²) in [5, 5.41) is 2.84. The number of nitrogens with zero attached hydrogens (tertiary/aromatic N) is 5. The van der Waals surface area contributed by atoms with Crippen LogP contribution in [0.25, 0.3) is 11.2 Å². The number of likely N-dealkylation sites (tertiary alicyclic amines) is 1. The second-order valence-electron chi connectivity index (χ2n) is 10.6. The first-order valence-corrected chi connectivity index (χ1v) is 11.8. The molecule has 2 radical (unpaired) electrons. The van der Waals surface area contributed by atoms with Crippen molar-refractivity contribution >= 4 is 42.5 Å². The highest BCUT2D eigenvalue weighted by molar-refractivity contribution is 6.28. The van der Waals surface area contributed by atoms with Gasteiger partial charge in [-0.3, -0.25) is 9.36 Å². The molecule has 0 spiro atoms. The molecular formula is C22H28BClN6O3. The van der Waals surface area contributed by atoms with Crippen molar-refractivity contribution in [3.63, 3.8) is 0 Å². The Morgan fingerprint density at radius 1 is 1.39 bits per heavy atom. The zero-order chi connectivity index (χ0) is 23.7. The maximum absolute atomic E-state index is 13.3. The van der Waals surface area contributed by atoms with E-state index in [9.17, 15) is 9.59 Å². The molecule has 1 amide bonds. The molecule has 3 aliphatic rings. The van der Waals surface area contributed by atoms with Crippen LogP contribution in [0.3, 0.4) is 0 Å². The number of hydrogen-bond donors (Lipinski definition) is 1. The zero-order valence-electron chi connectivity index (χ0n) is 19.3. The molecule has 4 atom stereocenters. The van der Waals surface area contributed by atoms with Crippen molar-refractivity contribution in [1.29, 1.82) is 0 Å². The van der Waals surface area contributed by atoms with Crippen molar-refractivity contribution in [3.8, 4) is 0 Å². The molecule has 9 nitrogen and oxygen atoms in total. The molecule has 0 bridgehead atoms. The van der Waals surface area contributed by atoms with Crippen LogP contribution >= 0.6 is 11.6 Å². The molecule has 2 aromatic heterocycles. The predicted molar refractivity (Wildman–Crippen MR) is 126 cm³/mol. The molecule has 1 saturated heterocycles. The Bertz CT molecular complexity index is 1180. The van der Waals surface area contributed by atoms with Gasteiger partial charge in [-0.25, -0.2) is 14.8 Å². The fraction of sp³-hybridized carbons (Fsp3) is 0.682. The number of fused-ring (bicyclic) bond motifs is 2. The van der Waals surface area contributed by atoms with Gasteiger partial charge in [-0.1, -0.05) is 0 Å². The standard InChI is InChI=1S/C22H28BClN6O3/c1-11(12-5-6-12)30-17-15(8-26-19(24)28-17)27-16(18(30)31)25-7-13-14-9-29(10-22(13,14)23)20(32)33-21(2,3)4/h8,11-14H,5-7,9-10H2,1-4H3,(H,25,27)/t11?,13?,14-,22-/m0/s1. The fourth-order valence-electron chi connectivity index (χ4n) is 5.06. The van der Waals surface area contributed by atoms with E-state index in [1.54, 1.807) is 15.7 Å². The summed E-state index contributed by atoms with van der Waals surface area (Å²) >= 11 is 6.00. The van der Waals surface area contributed by atoms with Gasteiger partial charge in [-0.15, -0.1) is 0 Å². The summed E-state index contributed by atoms with van der Waals surface area (Å²) in [5.41, 5.74) is 0.212. The van der Waals surface area contributed by atoms with Crippen LogP contribution in [0, 0.1) is 17.8 Å². The minimum atomic E-state index is -0.542. The van der Waals surface area contributed by atoms with E-state index in [0.717, 1.165) is 12.8 Å². The number of aromatic nitrogens is 4. The number of anilines is 1. The predicted octanol–water partition coefficient (Wildman–Crippen LogP) is 3.05. The van der Waals surface area contributed by atoms with Gasteiger partial charge in [0.1, 0.15) is 11.1 Å². The second kappa shape index (κ2) is 7.58. The van der Waals surface area contributed by atoms with E-state index >= 15 is 0 Å². The van der Waals surface area contributed by atoms with Crippen molar-refractivity contribution < 1.29 is 9.53 Å². The van der Waals surface area contributed by atoms with Gasteiger partial charge in [-0.2, -0.15) is 4.98 Å².